The largest absolute Gasteiger partial charge is 0.493 e. The van der Waals surface area contributed by atoms with Crippen molar-refractivity contribution in [3.8, 4) is 5.75 Å². The molecule has 0 spiro atoms. The van der Waals surface area contributed by atoms with Gasteiger partial charge in [-0.05, 0) is 37.1 Å². The molecule has 0 aromatic heterocycles. The molecule has 1 atom stereocenters. The second kappa shape index (κ2) is 6.98. The van der Waals surface area contributed by atoms with E-state index < -0.39 is 0 Å². The lowest BCUT2D eigenvalue weighted by Crippen LogP contribution is -2.27. The Kier molecular flexibility index (Phi) is 5.04. The highest BCUT2D eigenvalue weighted by Crippen LogP contribution is 2.39. The molecule has 1 unspecified atom stereocenters. The number of hydrogen-bond donors (Lipinski definition) is 0. The second-order valence-corrected chi connectivity index (χ2v) is 5.22. The molecule has 1 aliphatic rings. The normalized spacial score (nSPS) is 20.5. The Morgan fingerprint density at radius 3 is 2.71 bits per heavy atom. The average Bonchev–Trinajstić information content (AvgIpc) is 2.52. The van der Waals surface area contributed by atoms with E-state index in [9.17, 15) is 0 Å². The maximum absolute atomic E-state index is 5.86. The minimum absolute atomic E-state index is 0.175. The van der Waals surface area contributed by atoms with Gasteiger partial charge in [-0.25, -0.2) is 0 Å². The molecule has 0 bridgehead atoms. The Morgan fingerprint density at radius 2 is 1.95 bits per heavy atom. The highest BCUT2D eigenvalue weighted by atomic mass is 16.5. The lowest BCUT2D eigenvalue weighted by atomic mass is 9.75. The fourth-order valence-electron chi connectivity index (χ4n) is 2.44. The number of rotatable bonds is 7. The first-order chi connectivity index (χ1) is 10.2. The molecule has 2 nitrogen and oxygen atoms in total. The summed E-state index contributed by atoms with van der Waals surface area (Å²) in [4.78, 5) is 0. The summed E-state index contributed by atoms with van der Waals surface area (Å²) in [6, 6.07) is 8.17. The number of ether oxygens (including phenoxy) is 2. The summed E-state index contributed by atoms with van der Waals surface area (Å²) in [6.07, 6.45) is 10.7. The molecule has 0 heterocycles. The molecule has 110 valence electrons. The Hall–Kier alpha value is -2.22. The van der Waals surface area contributed by atoms with Crippen molar-refractivity contribution < 1.29 is 9.47 Å². The summed E-state index contributed by atoms with van der Waals surface area (Å²) in [6.45, 7) is 10.6. The van der Waals surface area contributed by atoms with Crippen molar-refractivity contribution in [3.63, 3.8) is 0 Å². The first-order valence-corrected chi connectivity index (χ1v) is 7.16. The van der Waals surface area contributed by atoms with Crippen LogP contribution in [-0.2, 0) is 10.2 Å². The van der Waals surface area contributed by atoms with Crippen LogP contribution in [0.4, 0.5) is 0 Å². The van der Waals surface area contributed by atoms with Crippen LogP contribution in [0.15, 0.2) is 73.6 Å². The van der Waals surface area contributed by atoms with Gasteiger partial charge in [0.25, 0.3) is 0 Å². The Morgan fingerprint density at radius 1 is 1.19 bits per heavy atom. The van der Waals surface area contributed by atoms with Crippen molar-refractivity contribution in [2.75, 3.05) is 13.2 Å². The molecule has 0 radical (unpaired) electrons. The molecule has 0 N–H and O–H groups in total. The summed E-state index contributed by atoms with van der Waals surface area (Å²) in [5, 5.41) is 0. The van der Waals surface area contributed by atoms with Crippen LogP contribution in [-0.4, -0.2) is 13.2 Å². The SMILES string of the molecule is C=CCOC1=CC=CCC1(C)c1cccc(OCC=C)c1. The standard InChI is InChI=1S/C19H22O2/c1-4-13-20-17-10-8-9-16(15-17)19(3)12-7-6-11-18(19)21-14-5-2/h4-11,15H,1-2,12-14H2,3H3. The number of allylic oxidation sites excluding steroid dienone is 4. The van der Waals surface area contributed by atoms with Gasteiger partial charge in [-0.3, -0.25) is 0 Å². The van der Waals surface area contributed by atoms with E-state index >= 15 is 0 Å². The topological polar surface area (TPSA) is 18.5 Å². The van der Waals surface area contributed by atoms with E-state index in [1.165, 1.54) is 5.56 Å². The van der Waals surface area contributed by atoms with Gasteiger partial charge in [0.2, 0.25) is 0 Å². The maximum Gasteiger partial charge on any atom is 0.120 e. The molecule has 1 aliphatic carbocycles. The Labute approximate surface area is 127 Å². The zero-order chi connectivity index (χ0) is 15.1. The fourth-order valence-corrected chi connectivity index (χ4v) is 2.44. The van der Waals surface area contributed by atoms with Crippen molar-refractivity contribution >= 4 is 0 Å². The van der Waals surface area contributed by atoms with Crippen molar-refractivity contribution in [3.05, 3.63) is 79.1 Å². The first kappa shape index (κ1) is 15.2. The van der Waals surface area contributed by atoms with Gasteiger partial charge < -0.3 is 9.47 Å². The summed E-state index contributed by atoms with van der Waals surface area (Å²) >= 11 is 0. The smallest absolute Gasteiger partial charge is 0.120 e. The summed E-state index contributed by atoms with van der Waals surface area (Å²) in [5.74, 6) is 1.82. The van der Waals surface area contributed by atoms with Crippen molar-refractivity contribution in [2.24, 2.45) is 0 Å². The minimum atomic E-state index is -0.175. The maximum atomic E-state index is 5.86. The third kappa shape index (κ3) is 3.46. The van der Waals surface area contributed by atoms with Crippen LogP contribution in [0.25, 0.3) is 0 Å². The van der Waals surface area contributed by atoms with Crippen LogP contribution in [0.2, 0.25) is 0 Å². The molecule has 0 aliphatic heterocycles. The summed E-state index contributed by atoms with van der Waals surface area (Å²) < 4.78 is 11.5. The highest BCUT2D eigenvalue weighted by molar-refractivity contribution is 5.41. The molecule has 1 aromatic rings. The molecule has 1 aromatic carbocycles. The highest BCUT2D eigenvalue weighted by Gasteiger charge is 2.33. The monoisotopic (exact) mass is 282 g/mol. The van der Waals surface area contributed by atoms with Gasteiger partial charge in [0.1, 0.15) is 24.7 Å². The van der Waals surface area contributed by atoms with Gasteiger partial charge in [0, 0.05) is 0 Å². The molecule has 2 rings (SSSR count). The molecule has 0 fully saturated rings. The van der Waals surface area contributed by atoms with Gasteiger partial charge in [0.15, 0.2) is 0 Å². The van der Waals surface area contributed by atoms with Crippen LogP contribution in [0.1, 0.15) is 18.9 Å². The van der Waals surface area contributed by atoms with E-state index in [-0.39, 0.29) is 5.41 Å². The molecule has 21 heavy (non-hydrogen) atoms. The van der Waals surface area contributed by atoms with Crippen molar-refractivity contribution in [1.29, 1.82) is 0 Å². The van der Waals surface area contributed by atoms with E-state index in [1.54, 1.807) is 12.2 Å². The van der Waals surface area contributed by atoms with Gasteiger partial charge in [-0.15, -0.1) is 0 Å². The van der Waals surface area contributed by atoms with Crippen molar-refractivity contribution in [1.82, 2.24) is 0 Å². The zero-order valence-electron chi connectivity index (χ0n) is 12.5. The average molecular weight is 282 g/mol. The lowest BCUT2D eigenvalue weighted by molar-refractivity contribution is 0.192. The van der Waals surface area contributed by atoms with E-state index in [4.69, 9.17) is 9.47 Å². The zero-order valence-corrected chi connectivity index (χ0v) is 12.5. The third-order valence-electron chi connectivity index (χ3n) is 3.65. The molecular weight excluding hydrogens is 260 g/mol. The molecule has 0 saturated heterocycles. The summed E-state index contributed by atoms with van der Waals surface area (Å²) in [7, 11) is 0. The van der Waals surface area contributed by atoms with Gasteiger partial charge in [0.05, 0.1) is 5.41 Å². The van der Waals surface area contributed by atoms with Gasteiger partial charge in [-0.1, -0.05) is 49.6 Å². The van der Waals surface area contributed by atoms with Crippen LogP contribution in [0.5, 0.6) is 5.75 Å². The third-order valence-corrected chi connectivity index (χ3v) is 3.65. The molecule has 2 heteroatoms. The number of benzene rings is 1. The predicted octanol–water partition coefficient (Wildman–Crippen LogP) is 4.56. The minimum Gasteiger partial charge on any atom is -0.493 e. The number of hydrogen-bond acceptors (Lipinski definition) is 2. The first-order valence-electron chi connectivity index (χ1n) is 7.16. The van der Waals surface area contributed by atoms with Crippen LogP contribution in [0, 0.1) is 0 Å². The van der Waals surface area contributed by atoms with Crippen molar-refractivity contribution in [2.45, 2.75) is 18.8 Å². The summed E-state index contributed by atoms with van der Waals surface area (Å²) in [5.41, 5.74) is 1.01. The van der Waals surface area contributed by atoms with Gasteiger partial charge in [-0.2, -0.15) is 0 Å². The Bertz CT molecular complexity index is 569. The van der Waals surface area contributed by atoms with E-state index in [0.29, 0.717) is 13.2 Å². The molecule has 0 saturated carbocycles. The van der Waals surface area contributed by atoms with Crippen LogP contribution >= 0.6 is 0 Å². The molecule has 0 amide bonds. The predicted molar refractivity (Wildman–Crippen MR) is 87.5 cm³/mol. The second-order valence-electron chi connectivity index (χ2n) is 5.22. The fraction of sp³-hybridized carbons (Fsp3) is 0.263. The lowest BCUT2D eigenvalue weighted by Gasteiger charge is -2.33. The Balaban J connectivity index is 2.29. The molecular formula is C19H22O2. The van der Waals surface area contributed by atoms with E-state index in [2.05, 4.69) is 38.3 Å². The van der Waals surface area contributed by atoms with Gasteiger partial charge >= 0.3 is 0 Å². The van der Waals surface area contributed by atoms with E-state index in [1.807, 2.05) is 24.3 Å². The quantitative estimate of drug-likeness (QED) is 0.683. The van der Waals surface area contributed by atoms with Crippen LogP contribution in [0.3, 0.4) is 0 Å². The van der Waals surface area contributed by atoms with E-state index in [0.717, 1.165) is 17.9 Å². The van der Waals surface area contributed by atoms with Crippen LogP contribution < -0.4 is 4.74 Å².